The van der Waals surface area contributed by atoms with Gasteiger partial charge in [0, 0.05) is 12.4 Å². The third kappa shape index (κ3) is 5.19. The molecule has 0 saturated carbocycles. The summed E-state index contributed by atoms with van der Waals surface area (Å²) < 4.78 is 0. The number of carbonyl (C=O) groups excluding carboxylic acids is 2. The van der Waals surface area contributed by atoms with Crippen LogP contribution in [0, 0.1) is 0 Å². The van der Waals surface area contributed by atoms with Crippen molar-refractivity contribution in [2.24, 2.45) is 21.7 Å². The zero-order valence-corrected chi connectivity index (χ0v) is 15.6. The first kappa shape index (κ1) is 20.1. The Kier molecular flexibility index (Phi) is 6.36. The highest BCUT2D eigenvalue weighted by atomic mass is 16.2. The van der Waals surface area contributed by atoms with Gasteiger partial charge in [-0.2, -0.15) is 10.2 Å². The number of nitrogens with zero attached hydrogens (tertiary/aromatic N) is 5. The Morgan fingerprint density at radius 3 is 1.50 bits per heavy atom. The SMILES string of the molecule is N/C(=N\NC(=O)c1ccccn1)c1cccc(/C(N)=N/NC(=O)c2ccccn2)n1. The minimum absolute atomic E-state index is 0.0496. The zero-order chi connectivity index (χ0) is 21.3. The minimum Gasteiger partial charge on any atom is -0.380 e. The molecule has 0 aliphatic rings. The second-order valence-electron chi connectivity index (χ2n) is 5.71. The molecule has 0 aromatic carbocycles. The molecule has 3 rings (SSSR count). The summed E-state index contributed by atoms with van der Waals surface area (Å²) in [6.07, 6.45) is 2.98. The third-order valence-corrected chi connectivity index (χ3v) is 3.62. The predicted molar refractivity (Wildman–Crippen MR) is 109 cm³/mol. The Morgan fingerprint density at radius 1 is 0.667 bits per heavy atom. The number of pyridine rings is 3. The van der Waals surface area contributed by atoms with Crippen LogP contribution < -0.4 is 22.3 Å². The van der Waals surface area contributed by atoms with Gasteiger partial charge in [-0.3, -0.25) is 19.6 Å². The van der Waals surface area contributed by atoms with Crippen LogP contribution in [0.3, 0.4) is 0 Å². The molecule has 3 aromatic heterocycles. The highest BCUT2D eigenvalue weighted by Crippen LogP contribution is 2.00. The van der Waals surface area contributed by atoms with E-state index in [1.54, 1.807) is 42.5 Å². The van der Waals surface area contributed by atoms with Gasteiger partial charge in [-0.1, -0.05) is 18.2 Å². The minimum atomic E-state index is -0.520. The molecular weight excluding hydrogens is 386 g/mol. The van der Waals surface area contributed by atoms with Crippen molar-refractivity contribution in [2.45, 2.75) is 0 Å². The lowest BCUT2D eigenvalue weighted by molar-refractivity contribution is 0.0942. The van der Waals surface area contributed by atoms with Gasteiger partial charge in [-0.05, 0) is 36.4 Å². The molecule has 0 aliphatic carbocycles. The van der Waals surface area contributed by atoms with Gasteiger partial charge < -0.3 is 11.5 Å². The normalized spacial score (nSPS) is 11.6. The van der Waals surface area contributed by atoms with Crippen molar-refractivity contribution in [3.63, 3.8) is 0 Å². The van der Waals surface area contributed by atoms with E-state index in [4.69, 9.17) is 11.5 Å². The van der Waals surface area contributed by atoms with E-state index in [0.717, 1.165) is 0 Å². The zero-order valence-electron chi connectivity index (χ0n) is 15.6. The standard InChI is InChI=1S/C19H17N9O2/c20-16(25-27-18(29)14-6-1-3-10-22-14)12-8-5-9-13(24-12)17(21)26-28-19(30)15-7-2-4-11-23-15/h1-11H,(H2,20,25)(H2,21,26)(H,27,29)(H,28,30). The first-order valence-electron chi connectivity index (χ1n) is 8.61. The lowest BCUT2D eigenvalue weighted by atomic mass is 10.3. The van der Waals surface area contributed by atoms with Crippen LogP contribution in [0.2, 0.25) is 0 Å². The van der Waals surface area contributed by atoms with Gasteiger partial charge >= 0.3 is 0 Å². The number of nitrogens with one attached hydrogen (secondary N) is 2. The molecular formula is C19H17N9O2. The summed E-state index contributed by atoms with van der Waals surface area (Å²) in [6.45, 7) is 0. The number of aromatic nitrogens is 3. The number of carbonyl (C=O) groups is 2. The molecule has 0 unspecified atom stereocenters. The summed E-state index contributed by atoms with van der Waals surface area (Å²) in [6, 6.07) is 14.6. The summed E-state index contributed by atoms with van der Waals surface area (Å²) in [7, 11) is 0. The first-order valence-corrected chi connectivity index (χ1v) is 8.61. The summed E-state index contributed by atoms with van der Waals surface area (Å²) in [4.78, 5) is 36.0. The van der Waals surface area contributed by atoms with Crippen molar-refractivity contribution in [1.82, 2.24) is 25.8 Å². The van der Waals surface area contributed by atoms with Gasteiger partial charge in [0.1, 0.15) is 22.8 Å². The van der Waals surface area contributed by atoms with Crippen LogP contribution in [0.1, 0.15) is 32.4 Å². The Labute approximate surface area is 170 Å². The molecule has 6 N–H and O–H groups in total. The van der Waals surface area contributed by atoms with Crippen LogP contribution in [-0.4, -0.2) is 38.4 Å². The van der Waals surface area contributed by atoms with Gasteiger partial charge in [0.15, 0.2) is 11.7 Å². The van der Waals surface area contributed by atoms with Crippen molar-refractivity contribution in [3.8, 4) is 0 Å². The number of rotatable bonds is 6. The molecule has 3 aromatic rings. The third-order valence-electron chi connectivity index (χ3n) is 3.62. The van der Waals surface area contributed by atoms with Crippen LogP contribution >= 0.6 is 0 Å². The van der Waals surface area contributed by atoms with E-state index in [-0.39, 0.29) is 34.4 Å². The first-order chi connectivity index (χ1) is 14.5. The Hall–Kier alpha value is -4.67. The molecule has 2 amide bonds. The Balaban J connectivity index is 1.68. The smallest absolute Gasteiger partial charge is 0.290 e. The van der Waals surface area contributed by atoms with Crippen LogP contribution in [0.4, 0.5) is 0 Å². The maximum atomic E-state index is 12.0. The quantitative estimate of drug-likeness (QED) is 0.254. The average Bonchev–Trinajstić information content (AvgIpc) is 2.81. The molecule has 3 heterocycles. The van der Waals surface area contributed by atoms with Gasteiger partial charge in [0.25, 0.3) is 11.8 Å². The van der Waals surface area contributed by atoms with Crippen molar-refractivity contribution >= 4 is 23.5 Å². The van der Waals surface area contributed by atoms with Crippen LogP contribution in [0.25, 0.3) is 0 Å². The molecule has 30 heavy (non-hydrogen) atoms. The largest absolute Gasteiger partial charge is 0.380 e. The molecule has 0 atom stereocenters. The van der Waals surface area contributed by atoms with Crippen molar-refractivity contribution in [1.29, 1.82) is 0 Å². The summed E-state index contributed by atoms with van der Waals surface area (Å²) in [5, 5.41) is 7.64. The number of hydrazone groups is 2. The van der Waals surface area contributed by atoms with Crippen molar-refractivity contribution in [2.75, 3.05) is 0 Å². The molecule has 0 bridgehead atoms. The van der Waals surface area contributed by atoms with Crippen LogP contribution in [0.15, 0.2) is 77.2 Å². The maximum Gasteiger partial charge on any atom is 0.290 e. The number of hydrogen-bond donors (Lipinski definition) is 4. The Bertz CT molecular complexity index is 1010. The van der Waals surface area contributed by atoms with Gasteiger partial charge in [-0.25, -0.2) is 15.8 Å². The lowest BCUT2D eigenvalue weighted by Crippen LogP contribution is -2.27. The predicted octanol–water partition coefficient (Wildman–Crippen LogP) is -0.0278. The number of nitrogens with two attached hydrogens (primary N) is 2. The van der Waals surface area contributed by atoms with Crippen LogP contribution in [0.5, 0.6) is 0 Å². The molecule has 11 nitrogen and oxygen atoms in total. The topological polar surface area (TPSA) is 174 Å². The molecule has 0 spiro atoms. The summed E-state index contributed by atoms with van der Waals surface area (Å²) in [5.74, 6) is -1.14. The highest BCUT2D eigenvalue weighted by molar-refractivity contribution is 6.01. The van der Waals surface area contributed by atoms with Crippen LogP contribution in [-0.2, 0) is 0 Å². The van der Waals surface area contributed by atoms with Crippen molar-refractivity contribution in [3.05, 3.63) is 89.8 Å². The molecule has 0 radical (unpaired) electrons. The van der Waals surface area contributed by atoms with Gasteiger partial charge in [-0.15, -0.1) is 0 Å². The van der Waals surface area contributed by atoms with Crippen molar-refractivity contribution < 1.29 is 9.59 Å². The van der Waals surface area contributed by atoms with Gasteiger partial charge in [0.05, 0.1) is 0 Å². The fraction of sp³-hybridized carbons (Fsp3) is 0. The second-order valence-corrected chi connectivity index (χ2v) is 5.71. The number of amides is 2. The summed E-state index contributed by atoms with van der Waals surface area (Å²) >= 11 is 0. The monoisotopic (exact) mass is 403 g/mol. The van der Waals surface area contributed by atoms with E-state index in [1.165, 1.54) is 24.5 Å². The molecule has 0 saturated heterocycles. The molecule has 150 valence electrons. The van der Waals surface area contributed by atoms with Gasteiger partial charge in [0.2, 0.25) is 0 Å². The maximum absolute atomic E-state index is 12.0. The summed E-state index contributed by atoms with van der Waals surface area (Å²) in [5.41, 5.74) is 17.3. The molecule has 11 heteroatoms. The fourth-order valence-corrected chi connectivity index (χ4v) is 2.17. The average molecular weight is 403 g/mol. The van der Waals surface area contributed by atoms with E-state index in [2.05, 4.69) is 36.0 Å². The Morgan fingerprint density at radius 2 is 1.10 bits per heavy atom. The van der Waals surface area contributed by atoms with E-state index in [9.17, 15) is 9.59 Å². The lowest BCUT2D eigenvalue weighted by Gasteiger charge is -2.05. The second kappa shape index (κ2) is 9.50. The van der Waals surface area contributed by atoms with E-state index in [1.807, 2.05) is 0 Å². The van der Waals surface area contributed by atoms with E-state index >= 15 is 0 Å². The van der Waals surface area contributed by atoms with E-state index in [0.29, 0.717) is 0 Å². The fourth-order valence-electron chi connectivity index (χ4n) is 2.17. The van der Waals surface area contributed by atoms with E-state index < -0.39 is 11.8 Å². The number of hydrogen-bond acceptors (Lipinski definition) is 7. The number of amidine groups is 2. The molecule has 0 fully saturated rings. The molecule has 0 aliphatic heterocycles. The highest BCUT2D eigenvalue weighted by Gasteiger charge is 2.09.